The molecule has 2 aromatic rings. The average molecular weight is 395 g/mol. The number of carbonyl (C=O) groups is 2. The average Bonchev–Trinajstić information content (AvgIpc) is 2.68. The molecule has 0 aliphatic rings. The maximum atomic E-state index is 12.1. The fourth-order valence-corrected chi connectivity index (χ4v) is 3.08. The molecule has 2 N–H and O–H groups in total. The van der Waals surface area contributed by atoms with Crippen LogP contribution in [0, 0.1) is 25.2 Å². The van der Waals surface area contributed by atoms with Crippen LogP contribution in [0.25, 0.3) is 0 Å². The third-order valence-corrected chi connectivity index (χ3v) is 4.73. The lowest BCUT2D eigenvalue weighted by atomic mass is 9.99. The highest BCUT2D eigenvalue weighted by atomic mass is 16.5. The van der Waals surface area contributed by atoms with E-state index in [1.54, 1.807) is 13.8 Å². The third kappa shape index (κ3) is 6.04. The van der Waals surface area contributed by atoms with Gasteiger partial charge in [-0.15, -0.1) is 0 Å². The fraction of sp³-hybridized carbons (Fsp3) is 0.364. The maximum Gasteiger partial charge on any atom is 0.306 e. The van der Waals surface area contributed by atoms with Gasteiger partial charge in [-0.3, -0.25) is 14.4 Å². The van der Waals surface area contributed by atoms with Crippen molar-refractivity contribution >= 4 is 11.9 Å². The summed E-state index contributed by atoms with van der Waals surface area (Å²) in [6, 6.07) is 11.7. The number of ether oxygens (including phenoxy) is 1. The molecular weight excluding hydrogens is 370 g/mol. The standard InChI is InChI=1S/C22H25N3O4/c1-14-18(15(2)25-22(28)19(14)13-23)9-10-20(26)29-16(3)21(27)24-12-11-17-7-5-4-6-8-17/h4-8,16H,9-12H2,1-3H3,(H,24,27)(H,25,28)/t16-/m1/s1. The molecule has 0 saturated carbocycles. The van der Waals surface area contributed by atoms with Crippen LogP contribution in [0.15, 0.2) is 35.1 Å². The molecule has 0 aliphatic heterocycles. The summed E-state index contributed by atoms with van der Waals surface area (Å²) in [5.74, 6) is -0.864. The smallest absolute Gasteiger partial charge is 0.306 e. The zero-order valence-corrected chi connectivity index (χ0v) is 16.9. The first-order chi connectivity index (χ1) is 13.8. The number of amides is 1. The first kappa shape index (κ1) is 21.9. The minimum absolute atomic E-state index is 0.0419. The van der Waals surface area contributed by atoms with E-state index in [2.05, 4.69) is 10.3 Å². The van der Waals surface area contributed by atoms with E-state index in [4.69, 9.17) is 10.00 Å². The van der Waals surface area contributed by atoms with Crippen molar-refractivity contribution in [2.45, 2.75) is 46.1 Å². The molecule has 1 aromatic heterocycles. The number of hydrogen-bond donors (Lipinski definition) is 2. The summed E-state index contributed by atoms with van der Waals surface area (Å²) in [7, 11) is 0. The Morgan fingerprint density at radius 2 is 1.90 bits per heavy atom. The number of rotatable bonds is 8. The van der Waals surface area contributed by atoms with Gasteiger partial charge in [0.1, 0.15) is 11.6 Å². The van der Waals surface area contributed by atoms with Gasteiger partial charge in [0.25, 0.3) is 11.5 Å². The van der Waals surface area contributed by atoms with Crippen LogP contribution in [0.1, 0.15) is 41.3 Å². The molecule has 0 bridgehead atoms. The molecule has 1 heterocycles. The topological polar surface area (TPSA) is 112 Å². The highest BCUT2D eigenvalue weighted by Crippen LogP contribution is 2.15. The van der Waals surface area contributed by atoms with E-state index in [9.17, 15) is 14.4 Å². The number of nitriles is 1. The van der Waals surface area contributed by atoms with Crippen LogP contribution < -0.4 is 10.9 Å². The molecule has 0 spiro atoms. The SMILES string of the molecule is Cc1[nH]c(=O)c(C#N)c(C)c1CCC(=O)O[C@H](C)C(=O)NCCc1ccccc1. The minimum atomic E-state index is -0.897. The van der Waals surface area contributed by atoms with Gasteiger partial charge < -0.3 is 15.0 Å². The van der Waals surface area contributed by atoms with Crippen LogP contribution in [0.5, 0.6) is 0 Å². The fourth-order valence-electron chi connectivity index (χ4n) is 3.08. The molecule has 7 nitrogen and oxygen atoms in total. The summed E-state index contributed by atoms with van der Waals surface area (Å²) >= 11 is 0. The molecule has 2 rings (SSSR count). The lowest BCUT2D eigenvalue weighted by molar-refractivity contribution is -0.154. The van der Waals surface area contributed by atoms with Crippen LogP contribution in [0.2, 0.25) is 0 Å². The number of pyridine rings is 1. The molecule has 152 valence electrons. The summed E-state index contributed by atoms with van der Waals surface area (Å²) < 4.78 is 5.21. The molecule has 1 atom stereocenters. The largest absolute Gasteiger partial charge is 0.453 e. The molecule has 0 fully saturated rings. The number of nitrogens with one attached hydrogen (secondary N) is 2. The van der Waals surface area contributed by atoms with Crippen molar-refractivity contribution in [1.82, 2.24) is 10.3 Å². The number of benzene rings is 1. The lowest BCUT2D eigenvalue weighted by Gasteiger charge is -2.14. The normalized spacial score (nSPS) is 11.4. The predicted molar refractivity (Wildman–Crippen MR) is 108 cm³/mol. The van der Waals surface area contributed by atoms with Crippen LogP contribution in [0.3, 0.4) is 0 Å². The summed E-state index contributed by atoms with van der Waals surface area (Å²) in [5.41, 5.74) is 2.64. The zero-order chi connectivity index (χ0) is 21.4. The van der Waals surface area contributed by atoms with Gasteiger partial charge in [0, 0.05) is 18.7 Å². The summed E-state index contributed by atoms with van der Waals surface area (Å²) in [5, 5.41) is 11.9. The van der Waals surface area contributed by atoms with Gasteiger partial charge >= 0.3 is 5.97 Å². The number of aromatic nitrogens is 1. The van der Waals surface area contributed by atoms with E-state index in [-0.39, 0.29) is 17.9 Å². The van der Waals surface area contributed by atoms with Crippen molar-refractivity contribution in [3.8, 4) is 6.07 Å². The van der Waals surface area contributed by atoms with Crippen LogP contribution in [-0.4, -0.2) is 29.5 Å². The second-order valence-electron chi connectivity index (χ2n) is 6.83. The number of aryl methyl sites for hydroxylation is 1. The Hall–Kier alpha value is -3.40. The second-order valence-corrected chi connectivity index (χ2v) is 6.83. The summed E-state index contributed by atoms with van der Waals surface area (Å²) in [6.45, 7) is 5.39. The molecule has 29 heavy (non-hydrogen) atoms. The first-order valence-corrected chi connectivity index (χ1v) is 9.47. The molecule has 0 unspecified atom stereocenters. The quantitative estimate of drug-likeness (QED) is 0.665. The maximum absolute atomic E-state index is 12.1. The molecule has 0 radical (unpaired) electrons. The number of esters is 1. The Balaban J connectivity index is 1.84. The van der Waals surface area contributed by atoms with Crippen LogP contribution in [0.4, 0.5) is 0 Å². The molecule has 7 heteroatoms. The van der Waals surface area contributed by atoms with E-state index < -0.39 is 17.6 Å². The van der Waals surface area contributed by atoms with Gasteiger partial charge in [-0.1, -0.05) is 30.3 Å². The van der Waals surface area contributed by atoms with Crippen LogP contribution in [-0.2, 0) is 27.2 Å². The third-order valence-electron chi connectivity index (χ3n) is 4.73. The predicted octanol–water partition coefficient (Wildman–Crippen LogP) is 2.09. The molecule has 0 saturated heterocycles. The van der Waals surface area contributed by atoms with Gasteiger partial charge in [-0.2, -0.15) is 5.26 Å². The van der Waals surface area contributed by atoms with Crippen molar-refractivity contribution in [1.29, 1.82) is 5.26 Å². The van der Waals surface area contributed by atoms with E-state index >= 15 is 0 Å². The van der Waals surface area contributed by atoms with E-state index in [1.807, 2.05) is 36.4 Å². The summed E-state index contributed by atoms with van der Waals surface area (Å²) in [4.78, 5) is 38.6. The Morgan fingerprint density at radius 1 is 1.21 bits per heavy atom. The Bertz CT molecular complexity index is 974. The highest BCUT2D eigenvalue weighted by molar-refractivity contribution is 5.83. The zero-order valence-electron chi connectivity index (χ0n) is 16.9. The molecule has 1 amide bonds. The number of H-pyrrole nitrogens is 1. The van der Waals surface area contributed by atoms with Crippen molar-refractivity contribution in [3.05, 3.63) is 68.6 Å². The number of aromatic amines is 1. The molecular formula is C22H25N3O4. The Kier molecular flexibility index (Phi) is 7.72. The van der Waals surface area contributed by atoms with Crippen molar-refractivity contribution in [2.75, 3.05) is 6.54 Å². The minimum Gasteiger partial charge on any atom is -0.453 e. The van der Waals surface area contributed by atoms with Crippen molar-refractivity contribution in [2.24, 2.45) is 0 Å². The van der Waals surface area contributed by atoms with E-state index in [0.717, 1.165) is 11.1 Å². The van der Waals surface area contributed by atoms with Gasteiger partial charge in [-0.25, -0.2) is 0 Å². The summed E-state index contributed by atoms with van der Waals surface area (Å²) in [6.07, 6.45) is 0.148. The number of hydrogen-bond acceptors (Lipinski definition) is 5. The number of carbonyl (C=O) groups excluding carboxylic acids is 2. The van der Waals surface area contributed by atoms with Crippen molar-refractivity contribution < 1.29 is 14.3 Å². The Morgan fingerprint density at radius 3 is 2.55 bits per heavy atom. The van der Waals surface area contributed by atoms with Crippen LogP contribution >= 0.6 is 0 Å². The second kappa shape index (κ2) is 10.2. The van der Waals surface area contributed by atoms with Gasteiger partial charge in [-0.05, 0) is 50.3 Å². The van der Waals surface area contributed by atoms with Gasteiger partial charge in [0.05, 0.1) is 0 Å². The number of nitrogens with zero attached hydrogens (tertiary/aromatic N) is 1. The van der Waals surface area contributed by atoms with Gasteiger partial charge in [0.2, 0.25) is 0 Å². The van der Waals surface area contributed by atoms with Gasteiger partial charge in [0.15, 0.2) is 6.10 Å². The van der Waals surface area contributed by atoms with Crippen molar-refractivity contribution in [3.63, 3.8) is 0 Å². The highest BCUT2D eigenvalue weighted by Gasteiger charge is 2.19. The monoisotopic (exact) mass is 395 g/mol. The van der Waals surface area contributed by atoms with E-state index in [1.165, 1.54) is 6.92 Å². The lowest BCUT2D eigenvalue weighted by Crippen LogP contribution is -2.37. The molecule has 1 aromatic carbocycles. The molecule has 0 aliphatic carbocycles. The van der Waals surface area contributed by atoms with E-state index in [0.29, 0.717) is 30.6 Å². The first-order valence-electron chi connectivity index (χ1n) is 9.47. The Labute approximate surface area is 169 Å².